The zero-order valence-corrected chi connectivity index (χ0v) is 11.1. The van der Waals surface area contributed by atoms with Crippen molar-refractivity contribution in [2.45, 2.75) is 26.4 Å². The Morgan fingerprint density at radius 3 is 2.61 bits per heavy atom. The molecule has 0 aromatic rings. The third kappa shape index (κ3) is 3.69. The van der Waals surface area contributed by atoms with Gasteiger partial charge in [0, 0.05) is 6.54 Å². The standard InChI is InChI=1S/C14H22FN3/c1-4-11(16)5-6-14(17)18-8-7-12(10(2)3)13(15)9-18/h1,5-6,10,12-13H,7-9,16-17H2,2-3H3/b11-5-,14-6+. The van der Waals surface area contributed by atoms with E-state index in [1.807, 2.05) is 4.90 Å². The second kappa shape index (κ2) is 6.34. The van der Waals surface area contributed by atoms with E-state index in [0.29, 0.717) is 24.0 Å². The third-order valence-electron chi connectivity index (χ3n) is 3.41. The van der Waals surface area contributed by atoms with Crippen LogP contribution in [0.15, 0.2) is 23.7 Å². The highest BCUT2D eigenvalue weighted by molar-refractivity contribution is 5.27. The molecule has 0 aromatic carbocycles. The summed E-state index contributed by atoms with van der Waals surface area (Å²) in [5, 5.41) is 0. The molecule has 0 spiro atoms. The summed E-state index contributed by atoms with van der Waals surface area (Å²) < 4.78 is 14.0. The van der Waals surface area contributed by atoms with Crippen molar-refractivity contribution in [2.24, 2.45) is 23.3 Å². The molecular formula is C14H22FN3. The van der Waals surface area contributed by atoms with Crippen molar-refractivity contribution in [3.63, 3.8) is 0 Å². The molecule has 2 atom stereocenters. The lowest BCUT2D eigenvalue weighted by atomic mass is 9.85. The quantitative estimate of drug-likeness (QED) is 0.591. The first-order valence-electron chi connectivity index (χ1n) is 6.24. The predicted molar refractivity (Wildman–Crippen MR) is 72.8 cm³/mol. The number of terminal acetylenes is 1. The van der Waals surface area contributed by atoms with E-state index < -0.39 is 6.17 Å². The van der Waals surface area contributed by atoms with Crippen LogP contribution in [-0.4, -0.2) is 24.2 Å². The molecule has 4 N–H and O–H groups in total. The van der Waals surface area contributed by atoms with Gasteiger partial charge in [0.25, 0.3) is 0 Å². The van der Waals surface area contributed by atoms with Gasteiger partial charge < -0.3 is 16.4 Å². The summed E-state index contributed by atoms with van der Waals surface area (Å²) in [5.41, 5.74) is 11.7. The van der Waals surface area contributed by atoms with Gasteiger partial charge in [-0.1, -0.05) is 19.8 Å². The average molecular weight is 251 g/mol. The Morgan fingerprint density at radius 1 is 1.44 bits per heavy atom. The van der Waals surface area contributed by atoms with Crippen LogP contribution < -0.4 is 11.5 Å². The molecule has 0 aliphatic carbocycles. The molecule has 1 fully saturated rings. The van der Waals surface area contributed by atoms with Crippen molar-refractivity contribution >= 4 is 0 Å². The van der Waals surface area contributed by atoms with E-state index in [4.69, 9.17) is 17.9 Å². The molecule has 3 nitrogen and oxygen atoms in total. The van der Waals surface area contributed by atoms with E-state index >= 15 is 0 Å². The molecule has 1 heterocycles. The summed E-state index contributed by atoms with van der Waals surface area (Å²) in [7, 11) is 0. The number of halogens is 1. The predicted octanol–water partition coefficient (Wildman–Crippen LogP) is 1.58. The molecule has 0 bridgehead atoms. The maximum absolute atomic E-state index is 14.0. The first-order valence-corrected chi connectivity index (χ1v) is 6.24. The first kappa shape index (κ1) is 14.4. The molecule has 0 radical (unpaired) electrons. The maximum atomic E-state index is 14.0. The van der Waals surface area contributed by atoms with E-state index in [2.05, 4.69) is 19.8 Å². The van der Waals surface area contributed by atoms with Crippen LogP contribution in [0.3, 0.4) is 0 Å². The van der Waals surface area contributed by atoms with Gasteiger partial charge in [-0.15, -0.1) is 6.42 Å². The summed E-state index contributed by atoms with van der Waals surface area (Å²) in [4.78, 5) is 1.84. The molecule has 0 saturated carbocycles. The molecule has 1 rings (SSSR count). The van der Waals surface area contributed by atoms with Crippen LogP contribution in [0.25, 0.3) is 0 Å². The Hall–Kier alpha value is -1.63. The zero-order chi connectivity index (χ0) is 13.7. The van der Waals surface area contributed by atoms with Crippen LogP contribution in [0.5, 0.6) is 0 Å². The van der Waals surface area contributed by atoms with Gasteiger partial charge in [0.15, 0.2) is 0 Å². The van der Waals surface area contributed by atoms with Crippen molar-refractivity contribution in [2.75, 3.05) is 13.1 Å². The van der Waals surface area contributed by atoms with Gasteiger partial charge in [0.05, 0.1) is 18.1 Å². The molecule has 1 aliphatic heterocycles. The van der Waals surface area contributed by atoms with Crippen molar-refractivity contribution in [3.8, 4) is 12.3 Å². The van der Waals surface area contributed by atoms with Crippen LogP contribution in [0.4, 0.5) is 4.39 Å². The van der Waals surface area contributed by atoms with Crippen LogP contribution in [0, 0.1) is 24.2 Å². The first-order chi connectivity index (χ1) is 8.45. The molecular weight excluding hydrogens is 229 g/mol. The fraction of sp³-hybridized carbons (Fsp3) is 0.571. The minimum Gasteiger partial charge on any atom is -0.392 e. The van der Waals surface area contributed by atoms with Gasteiger partial charge in [-0.25, -0.2) is 4.39 Å². The normalized spacial score (nSPS) is 26.3. The van der Waals surface area contributed by atoms with Crippen LogP contribution >= 0.6 is 0 Å². The number of nitrogens with zero attached hydrogens (tertiary/aromatic N) is 1. The maximum Gasteiger partial charge on any atom is 0.121 e. The Balaban J connectivity index is 2.64. The van der Waals surface area contributed by atoms with E-state index in [9.17, 15) is 4.39 Å². The number of piperidine rings is 1. The minimum absolute atomic E-state index is 0.125. The second-order valence-electron chi connectivity index (χ2n) is 5.02. The monoisotopic (exact) mass is 251 g/mol. The molecule has 1 saturated heterocycles. The number of hydrogen-bond acceptors (Lipinski definition) is 3. The topological polar surface area (TPSA) is 55.3 Å². The van der Waals surface area contributed by atoms with E-state index in [1.165, 1.54) is 0 Å². The number of hydrogen-bond donors (Lipinski definition) is 2. The van der Waals surface area contributed by atoms with Gasteiger partial charge in [0.2, 0.25) is 0 Å². The highest BCUT2D eigenvalue weighted by Gasteiger charge is 2.31. The second-order valence-corrected chi connectivity index (χ2v) is 5.02. The van der Waals surface area contributed by atoms with Gasteiger partial charge in [-0.05, 0) is 30.4 Å². The Labute approximate surface area is 109 Å². The largest absolute Gasteiger partial charge is 0.392 e. The van der Waals surface area contributed by atoms with E-state index in [-0.39, 0.29) is 5.92 Å². The van der Waals surface area contributed by atoms with Gasteiger partial charge in [0.1, 0.15) is 6.17 Å². The number of allylic oxidation sites excluding steroid dienone is 3. The van der Waals surface area contributed by atoms with Gasteiger partial charge >= 0.3 is 0 Å². The SMILES string of the molecule is C#C/C(N)=C/C=C(\N)N1CCC(C(C)C)C(F)C1. The fourth-order valence-electron chi connectivity index (χ4n) is 2.24. The molecule has 0 amide bonds. The Kier molecular flexibility index (Phi) is 5.08. The molecule has 1 aliphatic rings. The van der Waals surface area contributed by atoms with Gasteiger partial charge in [-0.3, -0.25) is 0 Å². The fourth-order valence-corrected chi connectivity index (χ4v) is 2.24. The third-order valence-corrected chi connectivity index (χ3v) is 3.41. The molecule has 4 heteroatoms. The number of nitrogens with two attached hydrogens (primary N) is 2. The van der Waals surface area contributed by atoms with Crippen molar-refractivity contribution < 1.29 is 4.39 Å². The highest BCUT2D eigenvalue weighted by Crippen LogP contribution is 2.28. The summed E-state index contributed by atoms with van der Waals surface area (Å²) in [6, 6.07) is 0. The zero-order valence-electron chi connectivity index (χ0n) is 11.1. The lowest BCUT2D eigenvalue weighted by Gasteiger charge is -2.37. The van der Waals surface area contributed by atoms with Crippen molar-refractivity contribution in [1.82, 2.24) is 4.90 Å². The van der Waals surface area contributed by atoms with Crippen LogP contribution in [0.2, 0.25) is 0 Å². The summed E-state index contributed by atoms with van der Waals surface area (Å²) in [5.74, 6) is 3.30. The van der Waals surface area contributed by atoms with Crippen molar-refractivity contribution in [3.05, 3.63) is 23.7 Å². The van der Waals surface area contributed by atoms with E-state index in [1.54, 1.807) is 12.2 Å². The van der Waals surface area contributed by atoms with Crippen LogP contribution in [-0.2, 0) is 0 Å². The highest BCUT2D eigenvalue weighted by atomic mass is 19.1. The summed E-state index contributed by atoms with van der Waals surface area (Å²) in [6.45, 7) is 5.23. The Bertz CT molecular complexity index is 379. The Morgan fingerprint density at radius 2 is 2.11 bits per heavy atom. The average Bonchev–Trinajstić information content (AvgIpc) is 2.34. The summed E-state index contributed by atoms with van der Waals surface area (Å²) in [6.07, 6.45) is 8.31. The molecule has 2 unspecified atom stereocenters. The number of alkyl halides is 1. The smallest absolute Gasteiger partial charge is 0.121 e. The lowest BCUT2D eigenvalue weighted by molar-refractivity contribution is 0.0787. The van der Waals surface area contributed by atoms with E-state index in [0.717, 1.165) is 13.0 Å². The number of likely N-dealkylation sites (tertiary alicyclic amines) is 1. The molecule has 100 valence electrons. The molecule has 18 heavy (non-hydrogen) atoms. The van der Waals surface area contributed by atoms with Gasteiger partial charge in [-0.2, -0.15) is 0 Å². The summed E-state index contributed by atoms with van der Waals surface area (Å²) >= 11 is 0. The lowest BCUT2D eigenvalue weighted by Crippen LogP contribution is -2.44. The molecule has 0 aromatic heterocycles. The minimum atomic E-state index is -0.834. The number of rotatable bonds is 3. The van der Waals surface area contributed by atoms with Crippen molar-refractivity contribution in [1.29, 1.82) is 0 Å². The van der Waals surface area contributed by atoms with Crippen LogP contribution in [0.1, 0.15) is 20.3 Å².